The van der Waals surface area contributed by atoms with Gasteiger partial charge in [0, 0.05) is 5.56 Å². The summed E-state index contributed by atoms with van der Waals surface area (Å²) in [4.78, 5) is 37.4. The molecule has 41 heavy (non-hydrogen) atoms. The van der Waals surface area contributed by atoms with E-state index in [2.05, 4.69) is 35.3 Å². The number of fused-ring (bicyclic) bond motifs is 3. The van der Waals surface area contributed by atoms with Crippen molar-refractivity contribution in [2.45, 2.75) is 50.8 Å². The molecule has 6 heterocycles. The van der Waals surface area contributed by atoms with E-state index in [0.29, 0.717) is 24.1 Å². The molecule has 2 aliphatic heterocycles. The van der Waals surface area contributed by atoms with Gasteiger partial charge in [0.1, 0.15) is 6.33 Å². The third-order valence-corrected chi connectivity index (χ3v) is 8.23. The maximum Gasteiger partial charge on any atom is 0.327 e. The monoisotopic (exact) mass is 613 g/mol. The van der Waals surface area contributed by atoms with Crippen molar-refractivity contribution in [2.24, 2.45) is 5.92 Å². The summed E-state index contributed by atoms with van der Waals surface area (Å²) in [5.41, 5.74) is 11.6. The number of ether oxygens (including phenoxy) is 3. The van der Waals surface area contributed by atoms with Crippen LogP contribution in [0.15, 0.2) is 17.3 Å². The molecule has 0 saturated carbocycles. The topological polar surface area (TPSA) is 238 Å². The normalized spacial score (nSPS) is 31.9. The molecule has 21 heteroatoms. The van der Waals surface area contributed by atoms with Crippen molar-refractivity contribution in [3.63, 3.8) is 0 Å². The average Bonchev–Trinajstić information content (AvgIpc) is 3.63. The summed E-state index contributed by atoms with van der Waals surface area (Å²) in [7, 11) is 0. The van der Waals surface area contributed by atoms with E-state index in [9.17, 15) is 9.69 Å². The molecule has 0 aliphatic carbocycles. The number of H-pyrrole nitrogens is 1. The number of hydrogen-bond donors (Lipinski definition) is 4. The van der Waals surface area contributed by atoms with Gasteiger partial charge in [0.15, 0.2) is 23.1 Å². The molecule has 0 amide bonds. The Morgan fingerprint density at radius 2 is 2.10 bits per heavy atom. The number of anilines is 2. The highest BCUT2D eigenvalue weighted by atomic mass is 32.5. The molecule has 7 atom stereocenters. The number of nitrogens with zero attached hydrogens (tertiary/aromatic N) is 8. The van der Waals surface area contributed by atoms with Crippen LogP contribution in [0.5, 0.6) is 0 Å². The lowest BCUT2D eigenvalue weighted by Crippen LogP contribution is -2.31. The van der Waals surface area contributed by atoms with Crippen molar-refractivity contribution >= 4 is 47.2 Å². The molecule has 2 fully saturated rings. The summed E-state index contributed by atoms with van der Waals surface area (Å²) in [6, 6.07) is 0. The minimum Gasteiger partial charge on any atom is -0.369 e. The Labute approximate surface area is 234 Å². The van der Waals surface area contributed by atoms with Gasteiger partial charge in [0.05, 0.1) is 31.6 Å². The first-order valence-electron chi connectivity index (χ1n) is 12.4. The van der Waals surface area contributed by atoms with Crippen LogP contribution in [0.2, 0.25) is 0 Å². The van der Waals surface area contributed by atoms with Crippen LogP contribution < -0.4 is 17.0 Å². The summed E-state index contributed by atoms with van der Waals surface area (Å²) < 4.78 is 46.3. The van der Waals surface area contributed by atoms with Gasteiger partial charge in [-0.05, 0) is 37.5 Å². The highest BCUT2D eigenvalue weighted by Gasteiger charge is 2.41. The number of alkyl halides is 1. The van der Waals surface area contributed by atoms with Gasteiger partial charge in [-0.3, -0.25) is 14.3 Å². The third-order valence-electron chi connectivity index (χ3n) is 6.71. The Bertz CT molecular complexity index is 1690. The standard InChI is InChI=1S/C20H25FN11O7PS/c1-8-35-3-2-9-4-11(10-5-26-32-15(10)24-7-25-20(32)23)38-12(9)6-36-40(34,41)39-14(21)18(37-8)31-16-13(29-30-31)17(33)28-19(22)27-16/h5,7-9,11-12,14,18H,2-4,6H2,1H3,(H,34,41)(H2,23,24,25)(H3,22,27,28,33)/t8?,9-,11+,12+,14-,18+,40?/m0/s1. The van der Waals surface area contributed by atoms with Crippen LogP contribution in [0.1, 0.15) is 37.7 Å². The van der Waals surface area contributed by atoms with E-state index >= 15 is 4.39 Å². The van der Waals surface area contributed by atoms with E-state index in [-0.39, 0.29) is 42.2 Å². The number of aromatic nitrogens is 9. The molecule has 220 valence electrons. The van der Waals surface area contributed by atoms with Crippen molar-refractivity contribution in [1.29, 1.82) is 0 Å². The molecule has 0 aromatic carbocycles. The largest absolute Gasteiger partial charge is 0.369 e. The quantitative estimate of drug-likeness (QED) is 0.219. The van der Waals surface area contributed by atoms with Gasteiger partial charge in [0.2, 0.25) is 18.1 Å². The van der Waals surface area contributed by atoms with Crippen LogP contribution in [-0.4, -0.2) is 81.4 Å². The van der Waals surface area contributed by atoms with Crippen molar-refractivity contribution in [3.05, 3.63) is 28.4 Å². The van der Waals surface area contributed by atoms with Gasteiger partial charge in [-0.15, -0.1) is 5.10 Å². The molecule has 6 rings (SSSR count). The van der Waals surface area contributed by atoms with E-state index in [0.717, 1.165) is 4.68 Å². The van der Waals surface area contributed by atoms with Crippen molar-refractivity contribution in [2.75, 3.05) is 24.7 Å². The fourth-order valence-electron chi connectivity index (χ4n) is 4.82. The van der Waals surface area contributed by atoms with Crippen molar-refractivity contribution < 1.29 is 32.5 Å². The van der Waals surface area contributed by atoms with E-state index in [1.54, 1.807) is 6.20 Å². The third kappa shape index (κ3) is 5.52. The number of nitrogens with two attached hydrogens (primary N) is 2. The second-order valence-electron chi connectivity index (χ2n) is 9.36. The summed E-state index contributed by atoms with van der Waals surface area (Å²) in [5, 5.41) is 11.8. The Morgan fingerprint density at radius 3 is 2.93 bits per heavy atom. The summed E-state index contributed by atoms with van der Waals surface area (Å²) in [6.07, 6.45) is -2.19. The zero-order valence-electron chi connectivity index (χ0n) is 21.3. The van der Waals surface area contributed by atoms with E-state index in [1.807, 2.05) is 0 Å². The highest BCUT2D eigenvalue weighted by Crippen LogP contribution is 2.49. The Hall–Kier alpha value is -3.23. The van der Waals surface area contributed by atoms with Crippen molar-refractivity contribution in [3.8, 4) is 0 Å². The maximum atomic E-state index is 15.6. The molecule has 2 saturated heterocycles. The Morgan fingerprint density at radius 1 is 1.27 bits per heavy atom. The molecule has 0 bridgehead atoms. The first-order valence-corrected chi connectivity index (χ1v) is 15.0. The van der Waals surface area contributed by atoms with Crippen LogP contribution in [0.4, 0.5) is 16.3 Å². The van der Waals surface area contributed by atoms with E-state index < -0.39 is 43.4 Å². The van der Waals surface area contributed by atoms with Crippen LogP contribution in [0.25, 0.3) is 16.8 Å². The molecule has 2 aliphatic rings. The number of hydrogen-bond acceptors (Lipinski definition) is 15. The van der Waals surface area contributed by atoms with Gasteiger partial charge in [0.25, 0.3) is 11.9 Å². The minimum absolute atomic E-state index is 0.118. The first kappa shape index (κ1) is 27.9. The predicted octanol–water partition coefficient (Wildman–Crippen LogP) is 0.0902. The Kier molecular flexibility index (Phi) is 7.41. The van der Waals surface area contributed by atoms with Crippen LogP contribution in [0.3, 0.4) is 0 Å². The molecule has 0 spiro atoms. The van der Waals surface area contributed by atoms with E-state index in [4.69, 9.17) is 46.5 Å². The predicted molar refractivity (Wildman–Crippen MR) is 140 cm³/mol. The average molecular weight is 614 g/mol. The molecule has 4 aromatic rings. The van der Waals surface area contributed by atoms with Gasteiger partial charge >= 0.3 is 6.72 Å². The zero-order chi connectivity index (χ0) is 28.9. The lowest BCUT2D eigenvalue weighted by molar-refractivity contribution is -0.227. The number of rotatable bonds is 2. The van der Waals surface area contributed by atoms with Crippen LogP contribution in [-0.2, 0) is 35.1 Å². The number of halogens is 1. The lowest BCUT2D eigenvalue weighted by atomic mass is 9.95. The van der Waals surface area contributed by atoms with E-state index in [1.165, 1.54) is 17.8 Å². The van der Waals surface area contributed by atoms with Crippen molar-refractivity contribution in [1.82, 2.24) is 44.5 Å². The molecule has 0 radical (unpaired) electrons. The second kappa shape index (κ2) is 10.9. The fourth-order valence-corrected chi connectivity index (χ4v) is 6.00. The fraction of sp³-hybridized carbons (Fsp3) is 0.550. The van der Waals surface area contributed by atoms with Gasteiger partial charge in [-0.1, -0.05) is 5.21 Å². The molecule has 2 unspecified atom stereocenters. The van der Waals surface area contributed by atoms with Crippen LogP contribution >= 0.6 is 6.72 Å². The lowest BCUT2D eigenvalue weighted by Gasteiger charge is -2.27. The molecular weight excluding hydrogens is 588 g/mol. The molecular formula is C20H25FN11O7PS. The maximum absolute atomic E-state index is 15.6. The van der Waals surface area contributed by atoms with Gasteiger partial charge in [-0.2, -0.15) is 19.3 Å². The van der Waals surface area contributed by atoms with Gasteiger partial charge in [-0.25, -0.2) is 14.4 Å². The smallest absolute Gasteiger partial charge is 0.327 e. The SMILES string of the molecule is CC1OCC[C@H]2C[C@H](c3cnn4c(N)ncnc34)O[C@@H]2COP(O)(=S)O[C@H](F)[C@H](n2nnc3c(=O)[nH]c(N)nc32)O1. The number of nitrogen functional groups attached to an aromatic ring is 2. The van der Waals surface area contributed by atoms with Crippen LogP contribution in [0, 0.1) is 5.92 Å². The molecule has 18 nitrogen and oxygen atoms in total. The summed E-state index contributed by atoms with van der Waals surface area (Å²) in [6.45, 7) is -2.66. The first-order chi connectivity index (χ1) is 19.6. The summed E-state index contributed by atoms with van der Waals surface area (Å²) >= 11 is 5.09. The molecule has 6 N–H and O–H groups in total. The highest BCUT2D eigenvalue weighted by molar-refractivity contribution is 8.07. The second-order valence-corrected chi connectivity index (χ2v) is 12.1. The number of aromatic amines is 1. The summed E-state index contributed by atoms with van der Waals surface area (Å²) in [5.74, 6) is -0.196. The molecule has 4 aromatic heterocycles. The number of nitrogens with one attached hydrogen (secondary N) is 1. The zero-order valence-corrected chi connectivity index (χ0v) is 23.0. The van der Waals surface area contributed by atoms with Gasteiger partial charge < -0.3 is 35.1 Å². The minimum atomic E-state index is -4.19. The Balaban J connectivity index is 1.24.